The first-order valence-electron chi connectivity index (χ1n) is 6.89. The second kappa shape index (κ2) is 6.84. The standard InChI is InChI=1S/C13H19ClN2O4S2/c1-21(17,18)16-7-5-11(6-8-16)10-15-22(19,20)13-4-2-3-12(14)9-13/h2-4,9,11,15H,5-8,10H2,1H3. The molecule has 124 valence electrons. The minimum atomic E-state index is -3.59. The Balaban J connectivity index is 1.91. The summed E-state index contributed by atoms with van der Waals surface area (Å²) in [4.78, 5) is 0.133. The summed E-state index contributed by atoms with van der Waals surface area (Å²) in [6, 6.07) is 6.08. The molecule has 1 aromatic rings. The Bertz CT molecular complexity index is 726. The van der Waals surface area contributed by atoms with Crippen LogP contribution in [0.4, 0.5) is 0 Å². The van der Waals surface area contributed by atoms with Crippen LogP contribution in [-0.2, 0) is 20.0 Å². The van der Waals surface area contributed by atoms with Crippen LogP contribution in [-0.4, -0.2) is 47.0 Å². The molecule has 0 aromatic heterocycles. The lowest BCUT2D eigenvalue weighted by Crippen LogP contribution is -2.41. The monoisotopic (exact) mass is 366 g/mol. The third-order valence-electron chi connectivity index (χ3n) is 3.71. The fraction of sp³-hybridized carbons (Fsp3) is 0.538. The number of nitrogens with zero attached hydrogens (tertiary/aromatic N) is 1. The normalized spacial score (nSPS) is 18.5. The van der Waals surface area contributed by atoms with Crippen molar-refractivity contribution < 1.29 is 16.8 Å². The molecule has 0 radical (unpaired) electrons. The number of nitrogens with one attached hydrogen (secondary N) is 1. The Morgan fingerprint density at radius 3 is 2.41 bits per heavy atom. The van der Waals surface area contributed by atoms with Crippen LogP contribution in [0.1, 0.15) is 12.8 Å². The molecule has 9 heteroatoms. The maximum Gasteiger partial charge on any atom is 0.240 e. The average molecular weight is 367 g/mol. The molecule has 1 N–H and O–H groups in total. The number of benzene rings is 1. The molecule has 1 saturated heterocycles. The van der Waals surface area contributed by atoms with E-state index in [9.17, 15) is 16.8 Å². The summed E-state index contributed by atoms with van der Waals surface area (Å²) in [5.41, 5.74) is 0. The topological polar surface area (TPSA) is 83.6 Å². The zero-order valence-electron chi connectivity index (χ0n) is 12.2. The van der Waals surface area contributed by atoms with Crippen LogP contribution >= 0.6 is 11.6 Å². The molecule has 1 fully saturated rings. The molecule has 0 aliphatic carbocycles. The van der Waals surface area contributed by atoms with E-state index < -0.39 is 20.0 Å². The quantitative estimate of drug-likeness (QED) is 0.851. The minimum absolute atomic E-state index is 0.131. The largest absolute Gasteiger partial charge is 0.240 e. The van der Waals surface area contributed by atoms with Crippen LogP contribution in [0.15, 0.2) is 29.2 Å². The van der Waals surface area contributed by atoms with Gasteiger partial charge in [-0.15, -0.1) is 0 Å². The maximum atomic E-state index is 12.2. The maximum absolute atomic E-state index is 12.2. The van der Waals surface area contributed by atoms with Crippen LogP contribution in [0, 0.1) is 5.92 Å². The van der Waals surface area contributed by atoms with Crippen LogP contribution in [0.3, 0.4) is 0 Å². The number of halogens is 1. The molecule has 1 aromatic carbocycles. The van der Waals surface area contributed by atoms with E-state index in [-0.39, 0.29) is 10.8 Å². The zero-order valence-corrected chi connectivity index (χ0v) is 14.6. The van der Waals surface area contributed by atoms with E-state index in [1.54, 1.807) is 12.1 Å². The van der Waals surface area contributed by atoms with E-state index in [4.69, 9.17) is 11.6 Å². The number of hydrogen-bond acceptors (Lipinski definition) is 4. The molecule has 22 heavy (non-hydrogen) atoms. The zero-order chi connectivity index (χ0) is 16.4. The molecular weight excluding hydrogens is 348 g/mol. The van der Waals surface area contributed by atoms with E-state index in [1.165, 1.54) is 22.7 Å². The van der Waals surface area contributed by atoms with Gasteiger partial charge in [0.05, 0.1) is 11.2 Å². The summed E-state index contributed by atoms with van der Waals surface area (Å²) < 4.78 is 51.2. The predicted octanol–water partition coefficient (Wildman–Crippen LogP) is 1.29. The predicted molar refractivity (Wildman–Crippen MR) is 85.8 cm³/mol. The fourth-order valence-electron chi connectivity index (χ4n) is 2.39. The third kappa shape index (κ3) is 4.66. The summed E-state index contributed by atoms with van der Waals surface area (Å²) in [5.74, 6) is 0.131. The van der Waals surface area contributed by atoms with Gasteiger partial charge in [-0.1, -0.05) is 17.7 Å². The van der Waals surface area contributed by atoms with Gasteiger partial charge in [-0.05, 0) is 37.0 Å². The molecule has 0 spiro atoms. The Hall–Kier alpha value is -0.670. The molecule has 1 heterocycles. The summed E-state index contributed by atoms with van der Waals surface area (Å²) in [7, 11) is -6.75. The lowest BCUT2D eigenvalue weighted by molar-refractivity contribution is 0.275. The highest BCUT2D eigenvalue weighted by Gasteiger charge is 2.26. The van der Waals surface area contributed by atoms with E-state index in [0.717, 1.165) is 0 Å². The molecule has 1 aliphatic heterocycles. The summed E-state index contributed by atoms with van der Waals surface area (Å²) in [5, 5.41) is 0.365. The van der Waals surface area contributed by atoms with E-state index in [2.05, 4.69) is 4.72 Å². The second-order valence-electron chi connectivity index (χ2n) is 5.41. The molecular formula is C13H19ClN2O4S2. The Kier molecular flexibility index (Phi) is 5.50. The minimum Gasteiger partial charge on any atom is -0.213 e. The van der Waals surface area contributed by atoms with Crippen molar-refractivity contribution >= 4 is 31.6 Å². The second-order valence-corrected chi connectivity index (χ2v) is 9.60. The van der Waals surface area contributed by atoms with Crippen molar-refractivity contribution in [3.63, 3.8) is 0 Å². The van der Waals surface area contributed by atoms with E-state index >= 15 is 0 Å². The van der Waals surface area contributed by atoms with Gasteiger partial charge in [-0.3, -0.25) is 0 Å². The molecule has 0 atom stereocenters. The van der Waals surface area contributed by atoms with Gasteiger partial charge in [0.15, 0.2) is 0 Å². The van der Waals surface area contributed by atoms with Gasteiger partial charge in [0, 0.05) is 24.7 Å². The molecule has 0 saturated carbocycles. The number of rotatable bonds is 5. The molecule has 0 amide bonds. The van der Waals surface area contributed by atoms with Crippen molar-refractivity contribution in [2.75, 3.05) is 25.9 Å². The molecule has 0 unspecified atom stereocenters. The molecule has 2 rings (SSSR count). The highest BCUT2D eigenvalue weighted by Crippen LogP contribution is 2.20. The number of sulfonamides is 2. The first-order valence-corrected chi connectivity index (χ1v) is 10.6. The Labute approximate surface area is 136 Å². The Morgan fingerprint density at radius 1 is 1.23 bits per heavy atom. The van der Waals surface area contributed by atoms with E-state index in [1.807, 2.05) is 0 Å². The van der Waals surface area contributed by atoms with Gasteiger partial charge in [0.1, 0.15) is 0 Å². The lowest BCUT2D eigenvalue weighted by Gasteiger charge is -2.30. The molecule has 0 bridgehead atoms. The van der Waals surface area contributed by atoms with Crippen molar-refractivity contribution in [2.45, 2.75) is 17.7 Å². The SMILES string of the molecule is CS(=O)(=O)N1CCC(CNS(=O)(=O)c2cccc(Cl)c2)CC1. The van der Waals surface area contributed by atoms with Gasteiger partial charge in [-0.2, -0.15) is 0 Å². The molecule has 1 aliphatic rings. The summed E-state index contributed by atoms with van der Waals surface area (Å²) in [6.45, 7) is 1.16. The third-order valence-corrected chi connectivity index (χ3v) is 6.67. The van der Waals surface area contributed by atoms with E-state index in [0.29, 0.717) is 37.5 Å². The van der Waals surface area contributed by atoms with Crippen molar-refractivity contribution in [3.8, 4) is 0 Å². The van der Waals surface area contributed by atoms with Crippen LogP contribution in [0.2, 0.25) is 5.02 Å². The van der Waals surface area contributed by atoms with Gasteiger partial charge >= 0.3 is 0 Å². The first-order chi connectivity index (χ1) is 10.2. The highest BCUT2D eigenvalue weighted by molar-refractivity contribution is 7.89. The summed E-state index contributed by atoms with van der Waals surface area (Å²) >= 11 is 5.80. The van der Waals surface area contributed by atoms with Gasteiger partial charge in [0.2, 0.25) is 20.0 Å². The van der Waals surface area contributed by atoms with Crippen molar-refractivity contribution in [3.05, 3.63) is 29.3 Å². The summed E-state index contributed by atoms with van der Waals surface area (Å²) in [6.07, 6.45) is 2.48. The highest BCUT2D eigenvalue weighted by atomic mass is 35.5. The van der Waals surface area contributed by atoms with Crippen molar-refractivity contribution in [1.82, 2.24) is 9.03 Å². The smallest absolute Gasteiger partial charge is 0.213 e. The lowest BCUT2D eigenvalue weighted by atomic mass is 9.99. The number of piperidine rings is 1. The van der Waals surface area contributed by atoms with Crippen molar-refractivity contribution in [1.29, 1.82) is 0 Å². The Morgan fingerprint density at radius 2 is 1.86 bits per heavy atom. The molecule has 6 nitrogen and oxygen atoms in total. The fourth-order valence-corrected chi connectivity index (χ4v) is 4.68. The van der Waals surface area contributed by atoms with Gasteiger partial charge in [0.25, 0.3) is 0 Å². The number of hydrogen-bond donors (Lipinski definition) is 1. The average Bonchev–Trinajstić information content (AvgIpc) is 2.45. The van der Waals surface area contributed by atoms with Crippen molar-refractivity contribution in [2.24, 2.45) is 5.92 Å². The first kappa shape index (κ1) is 17.7. The van der Waals surface area contributed by atoms with Crippen LogP contribution in [0.5, 0.6) is 0 Å². The van der Waals surface area contributed by atoms with Gasteiger partial charge < -0.3 is 0 Å². The van der Waals surface area contributed by atoms with Gasteiger partial charge in [-0.25, -0.2) is 25.9 Å². The van der Waals surface area contributed by atoms with Crippen LogP contribution < -0.4 is 4.72 Å². The van der Waals surface area contributed by atoms with Crippen LogP contribution in [0.25, 0.3) is 0 Å².